The van der Waals surface area contributed by atoms with Gasteiger partial charge in [0, 0.05) is 33.0 Å². The number of hydrogen-bond acceptors (Lipinski definition) is 1. The monoisotopic (exact) mass is 207 g/mol. The van der Waals surface area contributed by atoms with Gasteiger partial charge in [0.25, 0.3) is 0 Å². The Balaban J connectivity index is 0.000000490. The predicted octanol–water partition coefficient (Wildman–Crippen LogP) is 1.27. The maximum absolute atomic E-state index is 5.36. The number of nitrogens with two attached hydrogens (primary N) is 1. The minimum absolute atomic E-state index is 0. The topological polar surface area (TPSA) is 26.0 Å². The van der Waals surface area contributed by atoms with Crippen molar-refractivity contribution in [2.24, 2.45) is 0 Å². The molecular formula is C6H7CdN. The molecule has 0 aliphatic carbocycles. The van der Waals surface area contributed by atoms with E-state index in [9.17, 15) is 0 Å². The fourth-order valence-corrected chi connectivity index (χ4v) is 0.453. The summed E-state index contributed by atoms with van der Waals surface area (Å²) in [6.07, 6.45) is 0. The van der Waals surface area contributed by atoms with Gasteiger partial charge in [-0.1, -0.05) is 18.2 Å². The zero-order chi connectivity index (χ0) is 5.11. The zero-order valence-corrected chi connectivity index (χ0v) is 8.71. The molecule has 1 rings (SSSR count). The van der Waals surface area contributed by atoms with Gasteiger partial charge in [-0.25, -0.2) is 0 Å². The third kappa shape index (κ3) is 2.30. The summed E-state index contributed by atoms with van der Waals surface area (Å²) >= 11 is 0. The van der Waals surface area contributed by atoms with Crippen molar-refractivity contribution in [2.45, 2.75) is 0 Å². The minimum Gasteiger partial charge on any atom is -0.399 e. The van der Waals surface area contributed by atoms with Crippen molar-refractivity contribution in [1.29, 1.82) is 0 Å². The summed E-state index contributed by atoms with van der Waals surface area (Å²) in [7, 11) is 0. The molecule has 0 amide bonds. The number of anilines is 1. The van der Waals surface area contributed by atoms with Gasteiger partial charge in [-0.2, -0.15) is 0 Å². The third-order valence-corrected chi connectivity index (χ3v) is 0.800. The van der Waals surface area contributed by atoms with E-state index in [1.807, 2.05) is 30.3 Å². The number of rotatable bonds is 0. The van der Waals surface area contributed by atoms with Crippen molar-refractivity contribution < 1.29 is 27.3 Å². The quantitative estimate of drug-likeness (QED) is 0.501. The first-order valence-electron chi connectivity index (χ1n) is 2.20. The molecule has 0 atom stereocenters. The summed E-state index contributed by atoms with van der Waals surface area (Å²) in [5.74, 6) is 0. The SMILES string of the molecule is Nc1ccccc1.[Cd]. The van der Waals surface area contributed by atoms with E-state index in [-0.39, 0.29) is 27.3 Å². The molecular weight excluding hydrogens is 198 g/mol. The average Bonchev–Trinajstić information content (AvgIpc) is 1.69. The second-order valence-corrected chi connectivity index (χ2v) is 1.41. The molecule has 0 radical (unpaired) electrons. The minimum atomic E-state index is 0. The van der Waals surface area contributed by atoms with E-state index in [4.69, 9.17) is 5.73 Å². The molecule has 0 aromatic heterocycles. The van der Waals surface area contributed by atoms with Crippen molar-refractivity contribution >= 4 is 5.69 Å². The van der Waals surface area contributed by atoms with Gasteiger partial charge in [-0.15, -0.1) is 0 Å². The van der Waals surface area contributed by atoms with Crippen LogP contribution in [0.25, 0.3) is 0 Å². The number of para-hydroxylation sites is 1. The molecule has 38 valence electrons. The Bertz CT molecular complexity index is 138. The molecule has 0 heterocycles. The van der Waals surface area contributed by atoms with E-state index in [1.165, 1.54) is 0 Å². The van der Waals surface area contributed by atoms with Crippen LogP contribution < -0.4 is 5.73 Å². The van der Waals surface area contributed by atoms with Gasteiger partial charge >= 0.3 is 0 Å². The summed E-state index contributed by atoms with van der Waals surface area (Å²) in [6, 6.07) is 9.49. The van der Waals surface area contributed by atoms with Crippen LogP contribution in [0.2, 0.25) is 0 Å². The van der Waals surface area contributed by atoms with Crippen molar-refractivity contribution in [3.05, 3.63) is 30.3 Å². The van der Waals surface area contributed by atoms with Gasteiger partial charge < -0.3 is 5.73 Å². The standard InChI is InChI=1S/C6H7N.Cd/c7-6-4-2-1-3-5-6;/h1-5H,7H2;. The van der Waals surface area contributed by atoms with Gasteiger partial charge in [-0.3, -0.25) is 0 Å². The van der Waals surface area contributed by atoms with Crippen molar-refractivity contribution in [1.82, 2.24) is 0 Å². The molecule has 1 aromatic carbocycles. The Morgan fingerprint density at radius 3 is 1.75 bits per heavy atom. The maximum Gasteiger partial charge on any atom is 0.0313 e. The summed E-state index contributed by atoms with van der Waals surface area (Å²) in [5.41, 5.74) is 6.18. The van der Waals surface area contributed by atoms with Crippen LogP contribution in [0.1, 0.15) is 0 Å². The van der Waals surface area contributed by atoms with E-state index in [1.54, 1.807) is 0 Å². The fourth-order valence-electron chi connectivity index (χ4n) is 0.453. The third-order valence-electron chi connectivity index (χ3n) is 0.800. The van der Waals surface area contributed by atoms with Gasteiger partial charge in [0.05, 0.1) is 0 Å². The molecule has 0 fully saturated rings. The molecule has 1 nitrogen and oxygen atoms in total. The van der Waals surface area contributed by atoms with E-state index in [0.717, 1.165) is 5.69 Å². The van der Waals surface area contributed by atoms with Gasteiger partial charge in [0.2, 0.25) is 0 Å². The van der Waals surface area contributed by atoms with Crippen molar-refractivity contribution in [2.75, 3.05) is 5.73 Å². The fraction of sp³-hybridized carbons (Fsp3) is 0. The molecule has 1 aromatic rings. The molecule has 2 N–H and O–H groups in total. The molecule has 0 spiro atoms. The van der Waals surface area contributed by atoms with Gasteiger partial charge in [-0.05, 0) is 12.1 Å². The van der Waals surface area contributed by atoms with Gasteiger partial charge in [0.15, 0.2) is 0 Å². The zero-order valence-electron chi connectivity index (χ0n) is 4.67. The van der Waals surface area contributed by atoms with Crippen LogP contribution in [0.5, 0.6) is 0 Å². The molecule has 0 bridgehead atoms. The molecule has 0 unspecified atom stereocenters. The Hall–Kier alpha value is -0.0579. The Morgan fingerprint density at radius 2 is 1.50 bits per heavy atom. The number of nitrogen functional groups attached to an aromatic ring is 1. The first kappa shape index (κ1) is 7.94. The molecule has 2 heteroatoms. The average molecular weight is 206 g/mol. The van der Waals surface area contributed by atoms with E-state index in [0.29, 0.717) is 0 Å². The smallest absolute Gasteiger partial charge is 0.0313 e. The van der Waals surface area contributed by atoms with Crippen LogP contribution in [0.15, 0.2) is 30.3 Å². The van der Waals surface area contributed by atoms with Crippen LogP contribution in [0.3, 0.4) is 0 Å². The van der Waals surface area contributed by atoms with Crippen molar-refractivity contribution in [3.8, 4) is 0 Å². The van der Waals surface area contributed by atoms with Crippen LogP contribution in [-0.2, 0) is 27.3 Å². The van der Waals surface area contributed by atoms with Gasteiger partial charge in [0.1, 0.15) is 0 Å². The Labute approximate surface area is 69.1 Å². The molecule has 0 saturated carbocycles. The van der Waals surface area contributed by atoms with Crippen LogP contribution in [0.4, 0.5) is 5.69 Å². The second-order valence-electron chi connectivity index (χ2n) is 1.41. The summed E-state index contributed by atoms with van der Waals surface area (Å²) < 4.78 is 0. The molecule has 0 aliphatic rings. The summed E-state index contributed by atoms with van der Waals surface area (Å²) in [6.45, 7) is 0. The largest absolute Gasteiger partial charge is 0.399 e. The van der Waals surface area contributed by atoms with E-state index >= 15 is 0 Å². The summed E-state index contributed by atoms with van der Waals surface area (Å²) in [4.78, 5) is 0. The Morgan fingerprint density at radius 1 is 1.00 bits per heavy atom. The molecule has 0 aliphatic heterocycles. The van der Waals surface area contributed by atoms with Crippen LogP contribution >= 0.6 is 0 Å². The molecule has 0 saturated heterocycles. The number of hydrogen-bond donors (Lipinski definition) is 1. The second kappa shape index (κ2) is 3.89. The summed E-state index contributed by atoms with van der Waals surface area (Å²) in [5, 5.41) is 0. The molecule has 8 heavy (non-hydrogen) atoms. The normalized spacial score (nSPS) is 7.50. The Kier molecular flexibility index (Phi) is 3.86. The first-order valence-corrected chi connectivity index (χ1v) is 2.20. The maximum atomic E-state index is 5.36. The number of benzene rings is 1. The predicted molar refractivity (Wildman–Crippen MR) is 30.9 cm³/mol. The van der Waals surface area contributed by atoms with Crippen LogP contribution in [-0.4, -0.2) is 0 Å². The van der Waals surface area contributed by atoms with E-state index in [2.05, 4.69) is 0 Å². The first-order chi connectivity index (χ1) is 3.39. The van der Waals surface area contributed by atoms with E-state index < -0.39 is 0 Å². The van der Waals surface area contributed by atoms with Crippen LogP contribution in [0, 0.1) is 0 Å². The van der Waals surface area contributed by atoms with Crippen molar-refractivity contribution in [3.63, 3.8) is 0 Å².